The fourth-order valence-electron chi connectivity index (χ4n) is 4.22. The fourth-order valence-corrected chi connectivity index (χ4v) is 4.22. The minimum atomic E-state index is -1.38. The SMILES string of the molecule is O=C(O)Oc1[nH]c2ccc(-c3ccc(F)cc3)cc2c1CCCOc1cccc2ccccc12. The maximum Gasteiger partial charge on any atom is 0.512 e. The van der Waals surface area contributed by atoms with E-state index in [4.69, 9.17) is 9.47 Å². The first-order chi connectivity index (χ1) is 16.6. The number of carboxylic acid groups (broad SMARTS) is 1. The Bertz CT molecular complexity index is 1470. The molecule has 0 spiro atoms. The highest BCUT2D eigenvalue weighted by atomic mass is 19.1. The second-order valence-corrected chi connectivity index (χ2v) is 8.00. The number of fused-ring (bicyclic) bond motifs is 2. The topological polar surface area (TPSA) is 71.5 Å². The van der Waals surface area contributed by atoms with Crippen LogP contribution in [0.15, 0.2) is 84.9 Å². The van der Waals surface area contributed by atoms with Crippen molar-refractivity contribution in [2.24, 2.45) is 0 Å². The Labute approximate surface area is 195 Å². The van der Waals surface area contributed by atoms with Gasteiger partial charge in [0, 0.05) is 21.9 Å². The number of ether oxygens (including phenoxy) is 2. The van der Waals surface area contributed by atoms with Crippen LogP contribution in [0, 0.1) is 5.82 Å². The molecule has 5 aromatic rings. The molecule has 0 aliphatic rings. The lowest BCUT2D eigenvalue weighted by Crippen LogP contribution is -2.06. The summed E-state index contributed by atoms with van der Waals surface area (Å²) < 4.78 is 24.4. The molecule has 4 aromatic carbocycles. The molecule has 0 fully saturated rings. The first kappa shape index (κ1) is 21.5. The molecular formula is C28H22FNO4. The van der Waals surface area contributed by atoms with Gasteiger partial charge in [0.2, 0.25) is 5.88 Å². The highest BCUT2D eigenvalue weighted by Crippen LogP contribution is 2.33. The standard InChI is InChI=1S/C28H22FNO4/c29-21-13-10-18(11-14-21)20-12-15-25-24(17-20)23(27(30-25)34-28(31)32)8-4-16-33-26-9-3-6-19-5-1-2-7-22(19)26/h1-3,5-7,9-15,17,30H,4,8,16H2,(H,31,32). The minimum absolute atomic E-state index is 0.212. The number of aromatic amines is 1. The smallest absolute Gasteiger partial charge is 0.493 e. The van der Waals surface area contributed by atoms with Crippen LogP contribution in [-0.2, 0) is 6.42 Å². The van der Waals surface area contributed by atoms with Crippen LogP contribution in [-0.4, -0.2) is 22.9 Å². The quantitative estimate of drug-likeness (QED) is 0.201. The van der Waals surface area contributed by atoms with E-state index in [0.29, 0.717) is 19.4 Å². The van der Waals surface area contributed by atoms with Crippen molar-refractivity contribution in [1.82, 2.24) is 4.98 Å². The van der Waals surface area contributed by atoms with Gasteiger partial charge >= 0.3 is 6.16 Å². The zero-order valence-corrected chi connectivity index (χ0v) is 18.3. The molecule has 0 bridgehead atoms. The van der Waals surface area contributed by atoms with Crippen molar-refractivity contribution in [2.45, 2.75) is 12.8 Å². The largest absolute Gasteiger partial charge is 0.512 e. The molecule has 5 rings (SSSR count). The fraction of sp³-hybridized carbons (Fsp3) is 0.107. The van der Waals surface area contributed by atoms with Gasteiger partial charge < -0.3 is 19.6 Å². The summed E-state index contributed by atoms with van der Waals surface area (Å²) >= 11 is 0. The average Bonchev–Trinajstić information content (AvgIpc) is 3.18. The molecule has 0 saturated heterocycles. The number of hydrogen-bond acceptors (Lipinski definition) is 3. The Morgan fingerprint density at radius 3 is 2.47 bits per heavy atom. The first-order valence-corrected chi connectivity index (χ1v) is 11.0. The highest BCUT2D eigenvalue weighted by molar-refractivity contribution is 5.91. The van der Waals surface area contributed by atoms with Crippen molar-refractivity contribution in [3.8, 4) is 22.8 Å². The Hall–Kier alpha value is -4.32. The van der Waals surface area contributed by atoms with Gasteiger partial charge in [0.15, 0.2) is 0 Å². The second-order valence-electron chi connectivity index (χ2n) is 8.00. The molecule has 0 unspecified atom stereocenters. The van der Waals surface area contributed by atoms with Gasteiger partial charge in [-0.25, -0.2) is 9.18 Å². The molecule has 1 aromatic heterocycles. The van der Waals surface area contributed by atoms with Crippen molar-refractivity contribution in [3.05, 3.63) is 96.3 Å². The van der Waals surface area contributed by atoms with Crippen molar-refractivity contribution in [3.63, 3.8) is 0 Å². The lowest BCUT2D eigenvalue weighted by Gasteiger charge is -2.10. The van der Waals surface area contributed by atoms with Crippen LogP contribution >= 0.6 is 0 Å². The maximum absolute atomic E-state index is 13.3. The summed E-state index contributed by atoms with van der Waals surface area (Å²) in [4.78, 5) is 14.3. The molecule has 0 saturated carbocycles. The van der Waals surface area contributed by atoms with Crippen LogP contribution in [0.2, 0.25) is 0 Å². The van der Waals surface area contributed by atoms with Crippen molar-refractivity contribution in [2.75, 3.05) is 6.61 Å². The Morgan fingerprint density at radius 1 is 0.882 bits per heavy atom. The van der Waals surface area contributed by atoms with E-state index in [1.165, 1.54) is 12.1 Å². The number of aryl methyl sites for hydroxylation is 1. The molecule has 0 aliphatic heterocycles. The van der Waals surface area contributed by atoms with Gasteiger partial charge in [0.05, 0.1) is 6.61 Å². The summed E-state index contributed by atoms with van der Waals surface area (Å²) in [5.74, 6) is 0.733. The molecule has 170 valence electrons. The maximum atomic E-state index is 13.3. The van der Waals surface area contributed by atoms with E-state index < -0.39 is 6.16 Å². The molecule has 1 heterocycles. The van der Waals surface area contributed by atoms with Crippen LogP contribution in [0.3, 0.4) is 0 Å². The zero-order chi connectivity index (χ0) is 23.5. The van der Waals surface area contributed by atoms with E-state index in [2.05, 4.69) is 4.98 Å². The normalized spacial score (nSPS) is 11.1. The van der Waals surface area contributed by atoms with Crippen LogP contribution in [0.1, 0.15) is 12.0 Å². The molecule has 0 amide bonds. The molecule has 0 radical (unpaired) electrons. The monoisotopic (exact) mass is 455 g/mol. The highest BCUT2D eigenvalue weighted by Gasteiger charge is 2.16. The number of benzene rings is 4. The van der Waals surface area contributed by atoms with Crippen LogP contribution in [0.25, 0.3) is 32.8 Å². The lowest BCUT2D eigenvalue weighted by atomic mass is 10.0. The van der Waals surface area contributed by atoms with E-state index in [0.717, 1.165) is 44.1 Å². The van der Waals surface area contributed by atoms with Crippen molar-refractivity contribution < 1.29 is 23.8 Å². The van der Waals surface area contributed by atoms with Crippen LogP contribution in [0.5, 0.6) is 11.6 Å². The third kappa shape index (κ3) is 4.43. The number of carbonyl (C=O) groups is 1. The minimum Gasteiger partial charge on any atom is -0.493 e. The molecule has 2 N–H and O–H groups in total. The van der Waals surface area contributed by atoms with Crippen LogP contribution in [0.4, 0.5) is 9.18 Å². The number of nitrogens with one attached hydrogen (secondary N) is 1. The van der Waals surface area contributed by atoms with Gasteiger partial charge in [-0.15, -0.1) is 0 Å². The number of hydrogen-bond donors (Lipinski definition) is 2. The van der Waals surface area contributed by atoms with Crippen molar-refractivity contribution in [1.29, 1.82) is 0 Å². The summed E-state index contributed by atoms with van der Waals surface area (Å²) in [5.41, 5.74) is 3.31. The number of halogens is 1. The summed E-state index contributed by atoms with van der Waals surface area (Å²) in [6.45, 7) is 0.463. The lowest BCUT2D eigenvalue weighted by molar-refractivity contribution is 0.142. The molecular weight excluding hydrogens is 433 g/mol. The molecule has 5 nitrogen and oxygen atoms in total. The van der Waals surface area contributed by atoms with E-state index in [1.54, 1.807) is 12.1 Å². The first-order valence-electron chi connectivity index (χ1n) is 11.0. The number of H-pyrrole nitrogens is 1. The van der Waals surface area contributed by atoms with E-state index in [9.17, 15) is 14.3 Å². The van der Waals surface area contributed by atoms with Gasteiger partial charge in [0.25, 0.3) is 0 Å². The molecule has 34 heavy (non-hydrogen) atoms. The predicted octanol–water partition coefficient (Wildman–Crippen LogP) is 7.20. The van der Waals surface area contributed by atoms with Crippen molar-refractivity contribution >= 4 is 27.8 Å². The Balaban J connectivity index is 1.39. The van der Waals surface area contributed by atoms with E-state index >= 15 is 0 Å². The van der Waals surface area contributed by atoms with Gasteiger partial charge in [0.1, 0.15) is 11.6 Å². The average molecular weight is 455 g/mol. The Kier molecular flexibility index (Phi) is 5.87. The molecule has 6 heteroatoms. The number of aromatic nitrogens is 1. The third-order valence-electron chi connectivity index (χ3n) is 5.81. The van der Waals surface area contributed by atoms with Gasteiger partial charge in [-0.05, 0) is 59.7 Å². The predicted molar refractivity (Wildman–Crippen MR) is 130 cm³/mol. The summed E-state index contributed by atoms with van der Waals surface area (Å²) in [7, 11) is 0. The van der Waals surface area contributed by atoms with E-state index in [1.807, 2.05) is 60.7 Å². The molecule has 0 aliphatic carbocycles. The van der Waals surface area contributed by atoms with Gasteiger partial charge in [-0.2, -0.15) is 0 Å². The summed E-state index contributed by atoms with van der Waals surface area (Å²) in [6.07, 6.45) is -0.161. The van der Waals surface area contributed by atoms with Crippen LogP contribution < -0.4 is 9.47 Å². The van der Waals surface area contributed by atoms with Gasteiger partial charge in [-0.1, -0.05) is 54.6 Å². The third-order valence-corrected chi connectivity index (χ3v) is 5.81. The second kappa shape index (κ2) is 9.27. The Morgan fingerprint density at radius 2 is 1.65 bits per heavy atom. The molecule has 0 atom stereocenters. The van der Waals surface area contributed by atoms with E-state index in [-0.39, 0.29) is 11.7 Å². The number of rotatable bonds is 7. The van der Waals surface area contributed by atoms with Gasteiger partial charge in [-0.3, -0.25) is 0 Å². The summed E-state index contributed by atoms with van der Waals surface area (Å²) in [5, 5.41) is 12.2. The zero-order valence-electron chi connectivity index (χ0n) is 18.3. The summed E-state index contributed by atoms with van der Waals surface area (Å²) in [6, 6.07) is 26.0.